The number of nitrogens with two attached hydrogens (primary N) is 1. The number of hydrogen-bond donors (Lipinski definition) is 3. The molecule has 0 spiro atoms. The molecule has 2 amide bonds. The Bertz CT molecular complexity index is 1180. The predicted octanol–water partition coefficient (Wildman–Crippen LogP) is 2.47. The molecule has 0 aliphatic heterocycles. The first-order valence-corrected chi connectivity index (χ1v) is 13.5. The van der Waals surface area contributed by atoms with Crippen molar-refractivity contribution < 1.29 is 35.9 Å². The summed E-state index contributed by atoms with van der Waals surface area (Å²) in [5.74, 6) is -0.645. The summed E-state index contributed by atoms with van der Waals surface area (Å²) in [7, 11) is -3.62. The van der Waals surface area contributed by atoms with Crippen molar-refractivity contribution in [2.45, 2.75) is 69.3 Å². The van der Waals surface area contributed by atoms with Gasteiger partial charge in [0, 0.05) is 17.8 Å². The average Bonchev–Trinajstić information content (AvgIpc) is 3.10. The molecule has 4 saturated carbocycles. The third kappa shape index (κ3) is 5.53. The van der Waals surface area contributed by atoms with Crippen LogP contribution in [0.1, 0.15) is 62.0 Å². The number of nitrogens with zero attached hydrogens (tertiary/aromatic N) is 2. The Hall–Kier alpha value is -2.61. The van der Waals surface area contributed by atoms with Gasteiger partial charge in [-0.2, -0.15) is 18.3 Å². The fourth-order valence-corrected chi connectivity index (χ4v) is 7.47. The number of ether oxygens (including phenoxy) is 1. The number of halogens is 3. The highest BCUT2D eigenvalue weighted by molar-refractivity contribution is 7.88. The van der Waals surface area contributed by atoms with Gasteiger partial charge in [0.25, 0.3) is 5.91 Å². The second-order valence-corrected chi connectivity index (χ2v) is 12.6. The van der Waals surface area contributed by atoms with Gasteiger partial charge in [-0.1, -0.05) is 0 Å². The fourth-order valence-electron chi connectivity index (χ4n) is 6.45. The summed E-state index contributed by atoms with van der Waals surface area (Å²) in [4.78, 5) is 24.5. The first-order valence-electron chi connectivity index (χ1n) is 11.6. The van der Waals surface area contributed by atoms with Crippen LogP contribution in [0.3, 0.4) is 0 Å². The van der Waals surface area contributed by atoms with Crippen molar-refractivity contribution in [3.8, 4) is 0 Å². The van der Waals surface area contributed by atoms with Crippen LogP contribution in [-0.4, -0.2) is 53.6 Å². The smallest absolute Gasteiger partial charge is 0.434 e. The number of carbonyl (C=O) groups excluding carboxylic acids is 2. The summed E-state index contributed by atoms with van der Waals surface area (Å²) >= 11 is 0. The van der Waals surface area contributed by atoms with E-state index in [2.05, 4.69) is 15.1 Å². The van der Waals surface area contributed by atoms with Crippen molar-refractivity contribution in [1.29, 1.82) is 0 Å². The van der Waals surface area contributed by atoms with E-state index in [0.29, 0.717) is 29.9 Å². The molecule has 1 aromatic rings. The van der Waals surface area contributed by atoms with Gasteiger partial charge in [-0.05, 0) is 69.8 Å². The summed E-state index contributed by atoms with van der Waals surface area (Å²) in [6.07, 6.45) is 1.55. The highest BCUT2D eigenvalue weighted by Gasteiger charge is 2.57. The van der Waals surface area contributed by atoms with Crippen LogP contribution in [0, 0.1) is 17.8 Å². The molecule has 36 heavy (non-hydrogen) atoms. The average molecular weight is 534 g/mol. The minimum atomic E-state index is -4.90. The molecule has 14 heteroatoms. The van der Waals surface area contributed by atoms with Crippen LogP contribution in [0.25, 0.3) is 6.20 Å². The summed E-state index contributed by atoms with van der Waals surface area (Å²) in [5.41, 5.74) is 1.51. The molecule has 200 valence electrons. The van der Waals surface area contributed by atoms with Gasteiger partial charge < -0.3 is 15.8 Å². The molecule has 10 nitrogen and oxygen atoms in total. The van der Waals surface area contributed by atoms with E-state index in [1.54, 1.807) is 0 Å². The summed E-state index contributed by atoms with van der Waals surface area (Å²) in [5, 5.41) is 6.53. The third-order valence-electron chi connectivity index (χ3n) is 7.22. The number of rotatable bonds is 7. The molecule has 2 atom stereocenters. The summed E-state index contributed by atoms with van der Waals surface area (Å²) < 4.78 is 73.3. The topological polar surface area (TPSA) is 145 Å². The van der Waals surface area contributed by atoms with Crippen LogP contribution in [0.15, 0.2) is 12.3 Å². The van der Waals surface area contributed by atoms with Gasteiger partial charge in [0.15, 0.2) is 5.69 Å². The van der Waals surface area contributed by atoms with Gasteiger partial charge in [-0.25, -0.2) is 22.6 Å². The number of alkyl halides is 3. The van der Waals surface area contributed by atoms with E-state index >= 15 is 0 Å². The summed E-state index contributed by atoms with van der Waals surface area (Å²) in [6, 6.07) is -0.350. The van der Waals surface area contributed by atoms with Gasteiger partial charge in [-0.15, -0.1) is 0 Å². The van der Waals surface area contributed by atoms with Gasteiger partial charge in [-0.3, -0.25) is 4.79 Å². The van der Waals surface area contributed by atoms with Gasteiger partial charge in [0.1, 0.15) is 5.60 Å². The predicted molar refractivity (Wildman–Crippen MR) is 123 cm³/mol. The zero-order chi connectivity index (χ0) is 26.7. The monoisotopic (exact) mass is 533 g/mol. The molecule has 4 aliphatic carbocycles. The molecular formula is C22H30F3N5O5S. The zero-order valence-corrected chi connectivity index (χ0v) is 20.9. The lowest BCUT2D eigenvalue weighted by molar-refractivity contribution is -0.143. The van der Waals surface area contributed by atoms with Crippen LogP contribution in [0.4, 0.5) is 18.0 Å². The van der Waals surface area contributed by atoms with E-state index in [1.165, 1.54) is 19.9 Å². The quantitative estimate of drug-likeness (QED) is 0.491. The van der Waals surface area contributed by atoms with Crippen molar-refractivity contribution in [1.82, 2.24) is 19.8 Å². The number of aromatic nitrogens is 2. The molecule has 0 radical (unpaired) electrons. The molecule has 1 aromatic heterocycles. The van der Waals surface area contributed by atoms with Gasteiger partial charge >= 0.3 is 12.3 Å². The second-order valence-electron chi connectivity index (χ2n) is 10.8. The van der Waals surface area contributed by atoms with E-state index in [0.717, 1.165) is 31.5 Å². The number of hydrogen-bond acceptors (Lipinski definition) is 6. The van der Waals surface area contributed by atoms with Gasteiger partial charge in [0.2, 0.25) is 10.0 Å². The number of sulfonamides is 1. The van der Waals surface area contributed by atoms with Crippen LogP contribution in [0.5, 0.6) is 0 Å². The van der Waals surface area contributed by atoms with E-state index in [9.17, 15) is 31.2 Å². The molecule has 0 saturated heterocycles. The molecule has 4 aliphatic rings. The van der Waals surface area contributed by atoms with Gasteiger partial charge in [0.05, 0.1) is 18.0 Å². The minimum absolute atomic E-state index is 0.0355. The SMILES string of the molecule is CC(C)(/C=C/n1ncc(C(=O)N[C@H]2C3CC4CC2C[C@](OC(N)=O)(C4)C3)c1C(F)(F)F)NS(C)(=O)=O. The summed E-state index contributed by atoms with van der Waals surface area (Å²) in [6.45, 7) is 2.94. The standard InChI is InChI=1S/C22H30F3N5O5S/c1-20(2,29-36(3,33)34)4-5-30-17(22(23,24)25)15(11-27-30)18(31)28-16-13-6-12-7-14(16)10-21(8-12,9-13)35-19(26)32/h4-5,11-14,16,29H,6-10H2,1-3H3,(H2,26,32)(H,28,31)/b5-4+/t12?,13?,14?,16-,21-. The Kier molecular flexibility index (Phi) is 6.43. The number of carbonyl (C=O) groups is 2. The van der Waals surface area contributed by atoms with Crippen LogP contribution < -0.4 is 15.8 Å². The lowest BCUT2D eigenvalue weighted by Crippen LogP contribution is -2.63. The molecule has 4 fully saturated rings. The van der Waals surface area contributed by atoms with Crippen molar-refractivity contribution in [3.63, 3.8) is 0 Å². The van der Waals surface area contributed by atoms with Crippen LogP contribution >= 0.6 is 0 Å². The van der Waals surface area contributed by atoms with Crippen molar-refractivity contribution in [3.05, 3.63) is 23.5 Å². The molecular weight excluding hydrogens is 503 g/mol. The number of nitrogens with one attached hydrogen (secondary N) is 2. The first kappa shape index (κ1) is 26.5. The Morgan fingerprint density at radius 2 is 1.83 bits per heavy atom. The fraction of sp³-hybridized carbons (Fsp3) is 0.682. The third-order valence-corrected chi connectivity index (χ3v) is 8.12. The lowest BCUT2D eigenvalue weighted by atomic mass is 9.52. The maximum absolute atomic E-state index is 14.0. The van der Waals surface area contributed by atoms with E-state index in [-0.39, 0.29) is 17.9 Å². The molecule has 4 N–H and O–H groups in total. The molecule has 2 unspecified atom stereocenters. The van der Waals surface area contributed by atoms with Crippen LogP contribution in [-0.2, 0) is 20.9 Å². The van der Waals surface area contributed by atoms with Crippen LogP contribution in [0.2, 0.25) is 0 Å². The highest BCUT2D eigenvalue weighted by Crippen LogP contribution is 2.57. The Morgan fingerprint density at radius 3 is 2.36 bits per heavy atom. The van der Waals surface area contributed by atoms with Crippen molar-refractivity contribution in [2.75, 3.05) is 6.26 Å². The lowest BCUT2D eigenvalue weighted by Gasteiger charge is -2.58. The highest BCUT2D eigenvalue weighted by atomic mass is 32.2. The number of primary amides is 1. The first-order chi connectivity index (χ1) is 16.5. The normalized spacial score (nSPS) is 30.1. The minimum Gasteiger partial charge on any atom is -0.443 e. The van der Waals surface area contributed by atoms with Crippen molar-refractivity contribution >= 4 is 28.2 Å². The largest absolute Gasteiger partial charge is 0.443 e. The zero-order valence-electron chi connectivity index (χ0n) is 20.1. The Labute approximate surface area is 206 Å². The second kappa shape index (κ2) is 8.75. The van der Waals surface area contributed by atoms with E-state index in [4.69, 9.17) is 10.5 Å². The van der Waals surface area contributed by atoms with Crippen molar-refractivity contribution in [2.24, 2.45) is 23.5 Å². The maximum atomic E-state index is 14.0. The molecule has 5 rings (SSSR count). The van der Waals surface area contributed by atoms with E-state index < -0.39 is 50.6 Å². The Balaban J connectivity index is 1.55. The van der Waals surface area contributed by atoms with E-state index in [1.807, 2.05) is 0 Å². The molecule has 1 heterocycles. The Morgan fingerprint density at radius 1 is 1.22 bits per heavy atom. The molecule has 4 bridgehead atoms. The number of amides is 2. The molecule has 0 aromatic carbocycles. The maximum Gasteiger partial charge on any atom is 0.434 e.